The summed E-state index contributed by atoms with van der Waals surface area (Å²) in [6, 6.07) is 16.1. The zero-order valence-electron chi connectivity index (χ0n) is 14.4. The number of rotatable bonds is 2. The summed E-state index contributed by atoms with van der Waals surface area (Å²) in [7, 11) is 0. The number of halogens is 1. The monoisotopic (exact) mass is 438 g/mol. The largest absolute Gasteiger partial charge is 0.310 e. The number of carbonyl (C=O) groups excluding carboxylic acids is 1. The van der Waals surface area contributed by atoms with Gasteiger partial charge in [-0.2, -0.15) is 9.78 Å². The molecule has 3 heterocycles. The average molecular weight is 439 g/mol. The van der Waals surface area contributed by atoms with Gasteiger partial charge in [-0.1, -0.05) is 51.5 Å². The van der Waals surface area contributed by atoms with Crippen LogP contribution in [0.15, 0.2) is 53.0 Å². The summed E-state index contributed by atoms with van der Waals surface area (Å²) in [6.45, 7) is 1.99. The highest BCUT2D eigenvalue weighted by atomic mass is 79.9. The van der Waals surface area contributed by atoms with Gasteiger partial charge in [0.25, 0.3) is 0 Å². The molecular weight excluding hydrogens is 424 g/mol. The lowest BCUT2D eigenvalue weighted by Gasteiger charge is -2.24. The maximum atomic E-state index is 12.5. The summed E-state index contributed by atoms with van der Waals surface area (Å²) >= 11 is 5.04. The number of anilines is 1. The third-order valence-electron chi connectivity index (χ3n) is 4.84. The van der Waals surface area contributed by atoms with Crippen molar-refractivity contribution in [3.05, 3.63) is 69.8 Å². The minimum atomic E-state index is -0.00928. The van der Waals surface area contributed by atoms with Gasteiger partial charge in [-0.05, 0) is 36.8 Å². The minimum Gasteiger partial charge on any atom is -0.310 e. The van der Waals surface area contributed by atoms with Crippen LogP contribution in [0.2, 0.25) is 0 Å². The topological polar surface area (TPSA) is 59.8 Å². The molecule has 0 fully saturated rings. The second-order valence-corrected chi connectivity index (χ2v) is 8.50. The van der Waals surface area contributed by atoms with Crippen LogP contribution in [-0.2, 0) is 4.79 Å². The number of thiazole rings is 1. The maximum Gasteiger partial charge on any atom is 0.226 e. The molecule has 4 aromatic rings. The van der Waals surface area contributed by atoms with Crippen molar-refractivity contribution in [1.29, 1.82) is 0 Å². The summed E-state index contributed by atoms with van der Waals surface area (Å²) in [6.07, 6.45) is 0.418. The molecule has 1 aliphatic rings. The van der Waals surface area contributed by atoms with Gasteiger partial charge in [0.1, 0.15) is 5.82 Å². The first kappa shape index (κ1) is 16.6. The molecule has 1 atom stereocenters. The van der Waals surface area contributed by atoms with Gasteiger partial charge in [-0.15, -0.1) is 0 Å². The van der Waals surface area contributed by atoms with Crippen molar-refractivity contribution >= 4 is 49.2 Å². The van der Waals surface area contributed by atoms with Gasteiger partial charge in [-0.3, -0.25) is 4.79 Å². The maximum absolute atomic E-state index is 12.5. The van der Waals surface area contributed by atoms with E-state index < -0.39 is 0 Å². The highest BCUT2D eigenvalue weighted by molar-refractivity contribution is 9.10. The summed E-state index contributed by atoms with van der Waals surface area (Å²) in [4.78, 5) is 17.2. The zero-order chi connectivity index (χ0) is 18.5. The second-order valence-electron chi connectivity index (χ2n) is 6.58. The Morgan fingerprint density at radius 3 is 2.74 bits per heavy atom. The number of aromatic nitrogens is 3. The minimum absolute atomic E-state index is 0.00215. The Balaban J connectivity index is 1.67. The molecule has 1 unspecified atom stereocenters. The molecule has 7 heteroatoms. The van der Waals surface area contributed by atoms with Gasteiger partial charge < -0.3 is 5.32 Å². The molecular formula is C20H15BrN4OS. The quantitative estimate of drug-likeness (QED) is 0.477. The Bertz CT molecular complexity index is 1150. The molecule has 0 saturated heterocycles. The predicted molar refractivity (Wildman–Crippen MR) is 111 cm³/mol. The van der Waals surface area contributed by atoms with Crippen LogP contribution >= 0.6 is 27.3 Å². The van der Waals surface area contributed by atoms with E-state index in [2.05, 4.69) is 33.4 Å². The summed E-state index contributed by atoms with van der Waals surface area (Å²) < 4.78 is 3.90. The predicted octanol–water partition coefficient (Wildman–Crippen LogP) is 5.03. The molecule has 0 saturated carbocycles. The number of aryl methyl sites for hydroxylation is 1. The van der Waals surface area contributed by atoms with Gasteiger partial charge in [0.15, 0.2) is 0 Å². The second kappa shape index (κ2) is 6.28. The van der Waals surface area contributed by atoms with Crippen LogP contribution in [0.3, 0.4) is 0 Å². The van der Waals surface area contributed by atoms with E-state index in [4.69, 9.17) is 10.1 Å². The lowest BCUT2D eigenvalue weighted by atomic mass is 9.86. The van der Waals surface area contributed by atoms with Crippen molar-refractivity contribution in [3.8, 4) is 5.13 Å². The lowest BCUT2D eigenvalue weighted by molar-refractivity contribution is -0.116. The van der Waals surface area contributed by atoms with Crippen LogP contribution in [0, 0.1) is 6.92 Å². The smallest absolute Gasteiger partial charge is 0.226 e. The summed E-state index contributed by atoms with van der Waals surface area (Å²) in [5.74, 6) is 0.721. The Morgan fingerprint density at radius 1 is 1.19 bits per heavy atom. The van der Waals surface area contributed by atoms with Gasteiger partial charge in [0.2, 0.25) is 11.0 Å². The fourth-order valence-corrected chi connectivity index (χ4v) is 4.80. The van der Waals surface area contributed by atoms with E-state index in [1.807, 2.05) is 43.3 Å². The first-order valence-electron chi connectivity index (χ1n) is 8.61. The Kier molecular flexibility index (Phi) is 3.87. The molecule has 134 valence electrons. The molecule has 5 nitrogen and oxygen atoms in total. The number of carbonyl (C=O) groups is 1. The number of hydrogen-bond acceptors (Lipinski definition) is 4. The van der Waals surface area contributed by atoms with E-state index in [1.165, 1.54) is 0 Å². The van der Waals surface area contributed by atoms with Crippen molar-refractivity contribution < 1.29 is 4.79 Å². The number of amides is 1. The van der Waals surface area contributed by atoms with E-state index in [9.17, 15) is 4.79 Å². The number of benzene rings is 2. The molecule has 0 spiro atoms. The molecule has 27 heavy (non-hydrogen) atoms. The third kappa shape index (κ3) is 2.78. The number of fused-ring (bicyclic) bond motifs is 2. The van der Waals surface area contributed by atoms with Crippen LogP contribution in [0.1, 0.15) is 29.2 Å². The number of hydrogen-bond donors (Lipinski definition) is 1. The zero-order valence-corrected chi connectivity index (χ0v) is 16.8. The molecule has 2 aromatic carbocycles. The van der Waals surface area contributed by atoms with Crippen LogP contribution in [0.5, 0.6) is 0 Å². The Morgan fingerprint density at radius 2 is 1.96 bits per heavy atom. The van der Waals surface area contributed by atoms with Crippen LogP contribution < -0.4 is 5.32 Å². The number of nitrogens with zero attached hydrogens (tertiary/aromatic N) is 3. The van der Waals surface area contributed by atoms with E-state index >= 15 is 0 Å². The van der Waals surface area contributed by atoms with Crippen molar-refractivity contribution in [2.75, 3.05) is 5.32 Å². The average Bonchev–Trinajstić information content (AvgIpc) is 3.23. The van der Waals surface area contributed by atoms with Crippen LogP contribution in [0.25, 0.3) is 15.3 Å². The molecule has 5 rings (SSSR count). The molecule has 1 N–H and O–H groups in total. The van der Waals surface area contributed by atoms with E-state index in [0.717, 1.165) is 42.5 Å². The Hall–Kier alpha value is -2.51. The van der Waals surface area contributed by atoms with Gasteiger partial charge >= 0.3 is 0 Å². The van der Waals surface area contributed by atoms with Gasteiger partial charge in [-0.25, -0.2) is 4.98 Å². The first-order chi connectivity index (χ1) is 13.1. The van der Waals surface area contributed by atoms with Crippen molar-refractivity contribution in [1.82, 2.24) is 14.8 Å². The fraction of sp³-hybridized carbons (Fsp3) is 0.150. The van der Waals surface area contributed by atoms with Crippen molar-refractivity contribution in [2.24, 2.45) is 0 Å². The highest BCUT2D eigenvalue weighted by Gasteiger charge is 2.33. The lowest BCUT2D eigenvalue weighted by Crippen LogP contribution is -2.24. The first-order valence-corrected chi connectivity index (χ1v) is 10.2. The normalized spacial score (nSPS) is 16.4. The van der Waals surface area contributed by atoms with Crippen molar-refractivity contribution in [3.63, 3.8) is 0 Å². The van der Waals surface area contributed by atoms with E-state index in [-0.39, 0.29) is 11.8 Å². The summed E-state index contributed by atoms with van der Waals surface area (Å²) in [5, 5.41) is 8.51. The number of nitrogens with one attached hydrogen (secondary N) is 1. The molecule has 1 amide bonds. The Labute approximate surface area is 168 Å². The standard InChI is InChI=1S/C20H15BrN4OS/c1-11-18-14(12-6-8-13(21)9-7-12)10-17(26)23-19(18)25(24-11)20-22-15-4-2-3-5-16(15)27-20/h2-9,14H,10H2,1H3,(H,23,26). The molecule has 1 aliphatic heterocycles. The summed E-state index contributed by atoms with van der Waals surface area (Å²) in [5.41, 5.74) is 4.03. The number of para-hydroxylation sites is 1. The molecule has 0 bridgehead atoms. The highest BCUT2D eigenvalue weighted by Crippen LogP contribution is 2.41. The SMILES string of the molecule is Cc1nn(-c2nc3ccccc3s2)c2c1C(c1ccc(Br)cc1)CC(=O)N2. The van der Waals surface area contributed by atoms with Crippen LogP contribution in [0.4, 0.5) is 5.82 Å². The molecule has 0 radical (unpaired) electrons. The fourth-order valence-electron chi connectivity index (χ4n) is 3.62. The van der Waals surface area contributed by atoms with E-state index in [1.54, 1.807) is 16.0 Å². The van der Waals surface area contributed by atoms with Crippen molar-refractivity contribution in [2.45, 2.75) is 19.3 Å². The van der Waals surface area contributed by atoms with E-state index in [0.29, 0.717) is 6.42 Å². The molecule has 2 aromatic heterocycles. The third-order valence-corrected chi connectivity index (χ3v) is 6.38. The van der Waals surface area contributed by atoms with Gasteiger partial charge in [0, 0.05) is 22.4 Å². The van der Waals surface area contributed by atoms with Gasteiger partial charge in [0.05, 0.1) is 15.9 Å². The molecule has 0 aliphatic carbocycles. The van der Waals surface area contributed by atoms with Crippen LogP contribution in [-0.4, -0.2) is 20.7 Å².